The first-order valence-corrected chi connectivity index (χ1v) is 12.6. The van der Waals surface area contributed by atoms with E-state index in [1.165, 1.54) is 7.11 Å². The van der Waals surface area contributed by atoms with Crippen molar-refractivity contribution in [1.82, 2.24) is 29.6 Å². The molecule has 5 aromatic rings. The molecule has 6 rings (SSSR count). The number of hydrogen-bond donors (Lipinski definition) is 0. The molecule has 0 amide bonds. The number of methoxy groups -OCH3 is 1. The molecular weight excluding hydrogens is 481 g/mol. The second-order valence-electron chi connectivity index (χ2n) is 9.52. The Kier molecular flexibility index (Phi) is 6.43. The van der Waals surface area contributed by atoms with E-state index in [1.54, 1.807) is 23.1 Å². The van der Waals surface area contributed by atoms with Crippen molar-refractivity contribution in [3.05, 3.63) is 85.0 Å². The fourth-order valence-corrected chi connectivity index (χ4v) is 4.99. The molecule has 1 saturated heterocycles. The van der Waals surface area contributed by atoms with Crippen molar-refractivity contribution in [2.75, 3.05) is 38.2 Å². The Balaban J connectivity index is 1.18. The Morgan fingerprint density at radius 3 is 2.47 bits per heavy atom. The molecule has 9 heteroatoms. The van der Waals surface area contributed by atoms with Gasteiger partial charge >= 0.3 is 0 Å². The molecule has 2 aromatic carbocycles. The Bertz CT molecular complexity index is 1580. The number of benzene rings is 2. The molecule has 0 bridgehead atoms. The first kappa shape index (κ1) is 24.0. The summed E-state index contributed by atoms with van der Waals surface area (Å²) in [6.45, 7) is 4.19. The van der Waals surface area contributed by atoms with Crippen molar-refractivity contribution in [2.24, 2.45) is 7.05 Å². The third-order valence-electron chi connectivity index (χ3n) is 7.04. The first-order chi connectivity index (χ1) is 18.6. The monoisotopic (exact) mass is 509 g/mol. The minimum atomic E-state index is -0.321. The zero-order valence-corrected chi connectivity index (χ0v) is 21.4. The topological polar surface area (TPSA) is 72.2 Å². The standard InChI is InChI=1S/C29H28FN7O/c1-35-18-23(15-34-35)22-12-24(25-16-31-19-33-27(25)13-22)21-4-6-29(32-14-21)37-9-7-36(8-10-37)17-20-3-5-28(38-2)26(30)11-20/h3-6,11-16,18-19H,7-10,17H2,1-2H3. The molecule has 0 radical (unpaired) electrons. The van der Waals surface area contributed by atoms with E-state index in [2.05, 4.69) is 49.1 Å². The predicted octanol–water partition coefficient (Wildman–Crippen LogP) is 4.56. The maximum absolute atomic E-state index is 14.1. The van der Waals surface area contributed by atoms with Gasteiger partial charge in [0.1, 0.15) is 12.1 Å². The quantitative estimate of drug-likeness (QED) is 0.332. The molecule has 0 saturated carbocycles. The van der Waals surface area contributed by atoms with Crippen LogP contribution in [0.15, 0.2) is 73.6 Å². The van der Waals surface area contributed by atoms with Crippen LogP contribution in [0.3, 0.4) is 0 Å². The van der Waals surface area contributed by atoms with E-state index in [-0.39, 0.29) is 11.6 Å². The second kappa shape index (κ2) is 10.2. The minimum Gasteiger partial charge on any atom is -0.494 e. The summed E-state index contributed by atoms with van der Waals surface area (Å²) >= 11 is 0. The molecule has 192 valence electrons. The maximum Gasteiger partial charge on any atom is 0.165 e. The van der Waals surface area contributed by atoms with Crippen LogP contribution < -0.4 is 9.64 Å². The molecule has 1 aliphatic heterocycles. The van der Waals surface area contributed by atoms with Gasteiger partial charge < -0.3 is 9.64 Å². The molecule has 0 aliphatic carbocycles. The summed E-state index contributed by atoms with van der Waals surface area (Å²) in [6.07, 6.45) is 9.21. The van der Waals surface area contributed by atoms with Crippen molar-refractivity contribution in [2.45, 2.75) is 6.54 Å². The average molecular weight is 510 g/mol. The van der Waals surface area contributed by atoms with Crippen molar-refractivity contribution >= 4 is 16.7 Å². The first-order valence-electron chi connectivity index (χ1n) is 12.6. The third-order valence-corrected chi connectivity index (χ3v) is 7.04. The van der Waals surface area contributed by atoms with Crippen LogP contribution in [-0.2, 0) is 13.6 Å². The summed E-state index contributed by atoms with van der Waals surface area (Å²) in [6, 6.07) is 13.6. The highest BCUT2D eigenvalue weighted by Gasteiger charge is 2.19. The predicted molar refractivity (Wildman–Crippen MR) is 145 cm³/mol. The van der Waals surface area contributed by atoms with Crippen molar-refractivity contribution < 1.29 is 9.13 Å². The fourth-order valence-electron chi connectivity index (χ4n) is 4.99. The van der Waals surface area contributed by atoms with Gasteiger partial charge in [0, 0.05) is 74.9 Å². The summed E-state index contributed by atoms with van der Waals surface area (Å²) in [7, 11) is 3.39. The van der Waals surface area contributed by atoms with Crippen LogP contribution in [0.2, 0.25) is 0 Å². The van der Waals surface area contributed by atoms with Gasteiger partial charge in [-0.05, 0) is 53.1 Å². The van der Waals surface area contributed by atoms with Gasteiger partial charge in [-0.2, -0.15) is 5.10 Å². The lowest BCUT2D eigenvalue weighted by Gasteiger charge is -2.35. The van der Waals surface area contributed by atoms with Gasteiger partial charge in [0.25, 0.3) is 0 Å². The minimum absolute atomic E-state index is 0.275. The summed E-state index contributed by atoms with van der Waals surface area (Å²) in [5.41, 5.74) is 5.97. The van der Waals surface area contributed by atoms with Gasteiger partial charge in [0.15, 0.2) is 11.6 Å². The molecule has 0 N–H and O–H groups in total. The lowest BCUT2D eigenvalue weighted by molar-refractivity contribution is 0.249. The van der Waals surface area contributed by atoms with Crippen LogP contribution in [0.5, 0.6) is 5.75 Å². The molecule has 8 nitrogen and oxygen atoms in total. The van der Waals surface area contributed by atoms with Crippen LogP contribution in [-0.4, -0.2) is 62.9 Å². The van der Waals surface area contributed by atoms with E-state index < -0.39 is 0 Å². The summed E-state index contributed by atoms with van der Waals surface area (Å²) in [5, 5.41) is 5.30. The van der Waals surface area contributed by atoms with E-state index in [9.17, 15) is 4.39 Å². The molecule has 1 fully saturated rings. The lowest BCUT2D eigenvalue weighted by Crippen LogP contribution is -2.46. The molecule has 3 aromatic heterocycles. The van der Waals surface area contributed by atoms with E-state index in [0.717, 1.165) is 70.7 Å². The van der Waals surface area contributed by atoms with Gasteiger partial charge in [0.2, 0.25) is 0 Å². The number of piperazine rings is 1. The van der Waals surface area contributed by atoms with E-state index in [4.69, 9.17) is 9.72 Å². The van der Waals surface area contributed by atoms with Gasteiger partial charge in [-0.15, -0.1) is 0 Å². The summed E-state index contributed by atoms with van der Waals surface area (Å²) in [4.78, 5) is 18.2. The van der Waals surface area contributed by atoms with Crippen LogP contribution in [0.1, 0.15) is 5.56 Å². The molecular formula is C29H28FN7O. The van der Waals surface area contributed by atoms with Gasteiger partial charge in [-0.25, -0.2) is 19.3 Å². The van der Waals surface area contributed by atoms with Crippen LogP contribution in [0, 0.1) is 5.82 Å². The highest BCUT2D eigenvalue weighted by molar-refractivity contribution is 5.97. The normalized spacial score (nSPS) is 14.2. The zero-order chi connectivity index (χ0) is 26.1. The molecule has 38 heavy (non-hydrogen) atoms. The number of pyridine rings is 1. The van der Waals surface area contributed by atoms with E-state index >= 15 is 0 Å². The van der Waals surface area contributed by atoms with Crippen molar-refractivity contribution in [3.8, 4) is 28.0 Å². The number of rotatable bonds is 6. The Labute approximate surface area is 220 Å². The van der Waals surface area contributed by atoms with Crippen LogP contribution >= 0.6 is 0 Å². The van der Waals surface area contributed by atoms with Gasteiger partial charge in [0.05, 0.1) is 18.8 Å². The fraction of sp³-hybridized carbons (Fsp3) is 0.241. The zero-order valence-electron chi connectivity index (χ0n) is 21.4. The number of aromatic nitrogens is 5. The Morgan fingerprint density at radius 2 is 1.76 bits per heavy atom. The Morgan fingerprint density at radius 1 is 0.895 bits per heavy atom. The van der Waals surface area contributed by atoms with Crippen molar-refractivity contribution in [1.29, 1.82) is 0 Å². The second-order valence-corrected chi connectivity index (χ2v) is 9.52. The largest absolute Gasteiger partial charge is 0.494 e. The molecule has 1 aliphatic rings. The Hall–Kier alpha value is -4.37. The smallest absolute Gasteiger partial charge is 0.165 e. The molecule has 0 unspecified atom stereocenters. The highest BCUT2D eigenvalue weighted by Crippen LogP contribution is 2.33. The maximum atomic E-state index is 14.1. The van der Waals surface area contributed by atoms with Crippen LogP contribution in [0.25, 0.3) is 33.2 Å². The number of anilines is 1. The van der Waals surface area contributed by atoms with Crippen LogP contribution in [0.4, 0.5) is 10.2 Å². The number of hydrogen-bond acceptors (Lipinski definition) is 7. The molecule has 4 heterocycles. The molecule has 0 atom stereocenters. The number of halogens is 1. The number of nitrogens with zero attached hydrogens (tertiary/aromatic N) is 7. The average Bonchev–Trinajstić information content (AvgIpc) is 3.39. The number of aryl methyl sites for hydroxylation is 1. The van der Waals surface area contributed by atoms with E-state index in [1.807, 2.05) is 37.9 Å². The highest BCUT2D eigenvalue weighted by atomic mass is 19.1. The summed E-state index contributed by atoms with van der Waals surface area (Å²) < 4.78 is 20.9. The van der Waals surface area contributed by atoms with Gasteiger partial charge in [-0.1, -0.05) is 6.07 Å². The lowest BCUT2D eigenvalue weighted by atomic mass is 9.97. The summed E-state index contributed by atoms with van der Waals surface area (Å²) in [5.74, 6) is 0.906. The number of ether oxygens (including phenoxy) is 1. The van der Waals surface area contributed by atoms with Crippen molar-refractivity contribution in [3.63, 3.8) is 0 Å². The number of fused-ring (bicyclic) bond motifs is 1. The van der Waals surface area contributed by atoms with E-state index in [0.29, 0.717) is 6.54 Å². The third kappa shape index (κ3) is 4.80. The molecule has 0 spiro atoms. The SMILES string of the molecule is COc1ccc(CN2CCN(c3ccc(-c4cc(-c5cnn(C)c5)cc5ncncc45)cn3)CC2)cc1F. The van der Waals surface area contributed by atoms with Gasteiger partial charge in [-0.3, -0.25) is 9.58 Å².